The highest BCUT2D eigenvalue weighted by atomic mass is 35.5. The highest BCUT2D eigenvalue weighted by molar-refractivity contribution is 6.32. The number of piperazine rings is 1. The fraction of sp³-hybridized carbons (Fsp3) is 0.417. The van der Waals surface area contributed by atoms with E-state index in [-0.39, 0.29) is 18.4 Å². The summed E-state index contributed by atoms with van der Waals surface area (Å²) in [5.41, 5.74) is 4.25. The highest BCUT2D eigenvalue weighted by Crippen LogP contribution is 2.25. The van der Waals surface area contributed by atoms with E-state index in [4.69, 9.17) is 16.3 Å². The largest absolute Gasteiger partial charge is 0.484 e. The number of aryl methyl sites for hydroxylation is 4. The number of benzene rings is 2. The van der Waals surface area contributed by atoms with E-state index in [2.05, 4.69) is 31.2 Å². The Bertz CT molecular complexity index is 880. The van der Waals surface area contributed by atoms with Gasteiger partial charge in [0.25, 0.3) is 5.91 Å². The van der Waals surface area contributed by atoms with Crippen molar-refractivity contribution < 1.29 is 14.3 Å². The summed E-state index contributed by atoms with van der Waals surface area (Å²) in [6.45, 7) is 8.09. The first-order valence-corrected chi connectivity index (χ1v) is 10.7. The summed E-state index contributed by atoms with van der Waals surface area (Å²) < 4.78 is 5.68. The van der Waals surface area contributed by atoms with Crippen LogP contribution < -0.4 is 4.74 Å². The average molecular weight is 429 g/mol. The number of nitrogens with zero attached hydrogens (tertiary/aromatic N) is 2. The van der Waals surface area contributed by atoms with Gasteiger partial charge < -0.3 is 14.5 Å². The molecule has 1 aliphatic heterocycles. The Morgan fingerprint density at radius 3 is 2.00 bits per heavy atom. The lowest BCUT2D eigenvalue weighted by molar-refractivity contribution is -0.140. The van der Waals surface area contributed by atoms with E-state index in [1.54, 1.807) is 4.90 Å². The van der Waals surface area contributed by atoms with E-state index in [1.807, 2.05) is 30.9 Å². The molecule has 0 spiro atoms. The Kier molecular flexibility index (Phi) is 7.38. The Labute approximate surface area is 183 Å². The average Bonchev–Trinajstić information content (AvgIpc) is 2.75. The second kappa shape index (κ2) is 9.98. The van der Waals surface area contributed by atoms with Crippen LogP contribution >= 0.6 is 11.6 Å². The number of hydrogen-bond donors (Lipinski definition) is 0. The SMILES string of the molecule is Cc1ccc(CCC(=O)N2CCN(C(=O)COc3cc(C)c(Cl)c(C)c3)CC2)cc1. The van der Waals surface area contributed by atoms with Gasteiger partial charge in [0.15, 0.2) is 6.61 Å². The monoisotopic (exact) mass is 428 g/mol. The van der Waals surface area contributed by atoms with Gasteiger partial charge in [-0.2, -0.15) is 0 Å². The number of hydrogen-bond acceptors (Lipinski definition) is 3. The summed E-state index contributed by atoms with van der Waals surface area (Å²) in [5, 5.41) is 0.719. The molecule has 1 fully saturated rings. The second-order valence-corrected chi connectivity index (χ2v) is 8.28. The summed E-state index contributed by atoms with van der Waals surface area (Å²) in [6, 6.07) is 12.0. The van der Waals surface area contributed by atoms with Crippen molar-refractivity contribution in [1.29, 1.82) is 0 Å². The molecule has 5 nitrogen and oxygen atoms in total. The van der Waals surface area contributed by atoms with Gasteiger partial charge in [-0.15, -0.1) is 0 Å². The third kappa shape index (κ3) is 5.76. The number of carbonyl (C=O) groups excluding carboxylic acids is 2. The van der Waals surface area contributed by atoms with Crippen LogP contribution in [0.5, 0.6) is 5.75 Å². The van der Waals surface area contributed by atoms with E-state index in [0.29, 0.717) is 38.3 Å². The zero-order valence-corrected chi connectivity index (χ0v) is 18.7. The van der Waals surface area contributed by atoms with Crippen molar-refractivity contribution in [3.63, 3.8) is 0 Å². The van der Waals surface area contributed by atoms with Crippen molar-refractivity contribution in [2.75, 3.05) is 32.8 Å². The predicted molar refractivity (Wildman–Crippen MR) is 119 cm³/mol. The first-order valence-electron chi connectivity index (χ1n) is 10.3. The van der Waals surface area contributed by atoms with Crippen LogP contribution in [0.1, 0.15) is 28.7 Å². The van der Waals surface area contributed by atoms with Crippen molar-refractivity contribution >= 4 is 23.4 Å². The van der Waals surface area contributed by atoms with Gasteiger partial charge in [0.05, 0.1) is 0 Å². The standard InChI is InChI=1S/C24H29ClN2O3/c1-17-4-6-20(7-5-17)8-9-22(28)26-10-12-27(13-11-26)23(29)16-30-21-14-18(2)24(25)19(3)15-21/h4-7,14-15H,8-13,16H2,1-3H3. The van der Waals surface area contributed by atoms with E-state index in [9.17, 15) is 9.59 Å². The molecule has 0 aromatic heterocycles. The maximum absolute atomic E-state index is 12.5. The van der Waals surface area contributed by atoms with Crippen LogP contribution in [0.3, 0.4) is 0 Å². The highest BCUT2D eigenvalue weighted by Gasteiger charge is 2.24. The molecule has 1 heterocycles. The molecule has 0 aliphatic carbocycles. The molecule has 2 aromatic carbocycles. The summed E-state index contributed by atoms with van der Waals surface area (Å²) in [4.78, 5) is 28.6. The lowest BCUT2D eigenvalue weighted by Gasteiger charge is -2.34. The van der Waals surface area contributed by atoms with Crippen molar-refractivity contribution in [2.24, 2.45) is 0 Å². The Morgan fingerprint density at radius 2 is 1.43 bits per heavy atom. The normalized spacial score (nSPS) is 14.0. The maximum atomic E-state index is 12.5. The molecule has 1 aliphatic rings. The molecule has 6 heteroatoms. The van der Waals surface area contributed by atoms with Crippen LogP contribution in [0.15, 0.2) is 36.4 Å². The quantitative estimate of drug-likeness (QED) is 0.700. The summed E-state index contributed by atoms with van der Waals surface area (Å²) in [7, 11) is 0. The molecule has 2 aromatic rings. The van der Waals surface area contributed by atoms with Gasteiger partial charge in [0.2, 0.25) is 5.91 Å². The lowest BCUT2D eigenvalue weighted by atomic mass is 10.1. The zero-order chi connectivity index (χ0) is 21.7. The third-order valence-electron chi connectivity index (χ3n) is 5.51. The number of carbonyl (C=O) groups is 2. The number of rotatable bonds is 6. The number of amides is 2. The smallest absolute Gasteiger partial charge is 0.260 e. The molecular formula is C24H29ClN2O3. The van der Waals surface area contributed by atoms with Crippen LogP contribution in [0.2, 0.25) is 5.02 Å². The van der Waals surface area contributed by atoms with Crippen LogP contribution in [0.25, 0.3) is 0 Å². The molecule has 0 unspecified atom stereocenters. The summed E-state index contributed by atoms with van der Waals surface area (Å²) in [6.07, 6.45) is 1.24. The molecular weight excluding hydrogens is 400 g/mol. The number of halogens is 1. The van der Waals surface area contributed by atoms with Gasteiger partial charge in [-0.1, -0.05) is 41.4 Å². The van der Waals surface area contributed by atoms with Gasteiger partial charge in [0.1, 0.15) is 5.75 Å². The molecule has 0 N–H and O–H groups in total. The van der Waals surface area contributed by atoms with E-state index >= 15 is 0 Å². The van der Waals surface area contributed by atoms with Gasteiger partial charge >= 0.3 is 0 Å². The van der Waals surface area contributed by atoms with Crippen LogP contribution in [-0.2, 0) is 16.0 Å². The van der Waals surface area contributed by atoms with E-state index < -0.39 is 0 Å². The van der Waals surface area contributed by atoms with Gasteiger partial charge in [-0.05, 0) is 56.0 Å². The van der Waals surface area contributed by atoms with E-state index in [0.717, 1.165) is 22.6 Å². The first kappa shape index (κ1) is 22.2. The van der Waals surface area contributed by atoms with Crippen LogP contribution in [-0.4, -0.2) is 54.4 Å². The third-order valence-corrected chi connectivity index (χ3v) is 6.10. The minimum atomic E-state index is -0.0630. The minimum Gasteiger partial charge on any atom is -0.484 e. The zero-order valence-electron chi connectivity index (χ0n) is 17.9. The summed E-state index contributed by atoms with van der Waals surface area (Å²) >= 11 is 6.17. The van der Waals surface area contributed by atoms with E-state index in [1.165, 1.54) is 11.1 Å². The molecule has 0 radical (unpaired) electrons. The maximum Gasteiger partial charge on any atom is 0.260 e. The molecule has 0 atom stereocenters. The number of ether oxygens (including phenoxy) is 1. The molecule has 160 valence electrons. The van der Waals surface area contributed by atoms with Crippen molar-refractivity contribution in [3.05, 3.63) is 63.7 Å². The lowest BCUT2D eigenvalue weighted by Crippen LogP contribution is -2.51. The molecule has 0 saturated carbocycles. The first-order chi connectivity index (χ1) is 14.3. The molecule has 30 heavy (non-hydrogen) atoms. The van der Waals surface area contributed by atoms with Gasteiger partial charge in [0, 0.05) is 37.6 Å². The van der Waals surface area contributed by atoms with Gasteiger partial charge in [-0.3, -0.25) is 9.59 Å². The Morgan fingerprint density at radius 1 is 0.900 bits per heavy atom. The summed E-state index contributed by atoms with van der Waals surface area (Å²) in [5.74, 6) is 0.728. The topological polar surface area (TPSA) is 49.9 Å². The molecule has 0 bridgehead atoms. The predicted octanol–water partition coefficient (Wildman–Crippen LogP) is 3.95. The van der Waals surface area contributed by atoms with Gasteiger partial charge in [-0.25, -0.2) is 0 Å². The molecule has 3 rings (SSSR count). The fourth-order valence-corrected chi connectivity index (χ4v) is 3.70. The van der Waals surface area contributed by atoms with Crippen LogP contribution in [0.4, 0.5) is 0 Å². The van der Waals surface area contributed by atoms with Crippen molar-refractivity contribution in [2.45, 2.75) is 33.6 Å². The van der Waals surface area contributed by atoms with Crippen molar-refractivity contribution in [1.82, 2.24) is 9.80 Å². The molecule has 1 saturated heterocycles. The van der Waals surface area contributed by atoms with Crippen molar-refractivity contribution in [3.8, 4) is 5.75 Å². The minimum absolute atomic E-state index is 0.0120. The Hall–Kier alpha value is -2.53. The fourth-order valence-electron chi connectivity index (χ4n) is 3.60. The van der Waals surface area contributed by atoms with Crippen LogP contribution in [0, 0.1) is 20.8 Å². The second-order valence-electron chi connectivity index (χ2n) is 7.91. The molecule has 2 amide bonds. The Balaban J connectivity index is 1.42.